The maximum Gasteiger partial charge on any atom is 0.157 e. The molecule has 1 unspecified atom stereocenters. The van der Waals surface area contributed by atoms with Crippen LogP contribution >= 0.6 is 11.6 Å². The van der Waals surface area contributed by atoms with Crippen LogP contribution in [0.1, 0.15) is 36.0 Å². The van der Waals surface area contributed by atoms with E-state index in [0.29, 0.717) is 0 Å². The minimum atomic E-state index is 0.218. The zero-order valence-electron chi connectivity index (χ0n) is 21.5. The van der Waals surface area contributed by atoms with Gasteiger partial charge < -0.3 is 19.8 Å². The molecular formula is C32H32ClN5. The highest BCUT2D eigenvalue weighted by Crippen LogP contribution is 2.36. The summed E-state index contributed by atoms with van der Waals surface area (Å²) in [4.78, 5) is 7.66. The number of fused-ring (bicyclic) bond motifs is 1. The van der Waals surface area contributed by atoms with Gasteiger partial charge in [0.2, 0.25) is 0 Å². The Kier molecular flexibility index (Phi) is 5.79. The molecule has 5 nitrogen and oxygen atoms in total. The zero-order valence-corrected chi connectivity index (χ0v) is 22.3. The molecule has 3 aromatic carbocycles. The summed E-state index contributed by atoms with van der Waals surface area (Å²) in [5.41, 5.74) is 15.8. The number of imidazole rings is 1. The van der Waals surface area contributed by atoms with Gasteiger partial charge in [0.1, 0.15) is 0 Å². The van der Waals surface area contributed by atoms with Gasteiger partial charge >= 0.3 is 0 Å². The lowest BCUT2D eigenvalue weighted by Crippen LogP contribution is -2.41. The molecule has 2 aromatic heterocycles. The van der Waals surface area contributed by atoms with Gasteiger partial charge in [-0.25, -0.2) is 4.98 Å². The standard InChI is InChI=1S/C32H32ClN5/c1-21(36-14-5-8-27(34)20-36)25-16-24-7-4-15-37-31(24)28(17-25)35-32(37)30-18-23-6-2-3-9-29(23)38(30)19-22-10-12-26(33)13-11-22/h2-3,6,9-13,16-18,27H,1,4-5,7-8,14-15,19-20,34H2. The van der Waals surface area contributed by atoms with Gasteiger partial charge in [-0.3, -0.25) is 0 Å². The lowest BCUT2D eigenvalue weighted by molar-refractivity contribution is 0.296. The fraction of sp³-hybridized carbons (Fsp3) is 0.281. The quantitative estimate of drug-likeness (QED) is 0.280. The van der Waals surface area contributed by atoms with Crippen LogP contribution in [0.2, 0.25) is 5.02 Å². The van der Waals surface area contributed by atoms with Crippen LogP contribution in [0.4, 0.5) is 0 Å². The Balaban J connectivity index is 1.36. The number of likely N-dealkylation sites (tertiary alicyclic amines) is 1. The molecule has 0 aliphatic carbocycles. The molecule has 2 N–H and O–H groups in total. The molecule has 1 saturated heterocycles. The maximum absolute atomic E-state index is 6.29. The molecular weight excluding hydrogens is 490 g/mol. The van der Waals surface area contributed by atoms with E-state index in [0.717, 1.165) is 79.6 Å². The molecule has 0 amide bonds. The highest BCUT2D eigenvalue weighted by molar-refractivity contribution is 6.30. The van der Waals surface area contributed by atoms with Crippen molar-refractivity contribution in [3.63, 3.8) is 0 Å². The summed E-state index contributed by atoms with van der Waals surface area (Å²) in [6, 6.07) is 23.8. The van der Waals surface area contributed by atoms with E-state index in [1.165, 1.54) is 33.1 Å². The molecule has 2 aliphatic heterocycles. The SMILES string of the molecule is C=C(c1cc2c3c(c1)nc(-c1cc4ccccc4n1Cc1ccc(Cl)cc1)n3CCC2)N1CCCC(N)C1. The van der Waals surface area contributed by atoms with Crippen LogP contribution in [0.5, 0.6) is 0 Å². The topological polar surface area (TPSA) is 52.0 Å². The Morgan fingerprint density at radius 1 is 1.03 bits per heavy atom. The third-order valence-electron chi connectivity index (χ3n) is 8.21. The van der Waals surface area contributed by atoms with Crippen LogP contribution in [-0.2, 0) is 19.5 Å². The van der Waals surface area contributed by atoms with Crippen LogP contribution in [-0.4, -0.2) is 38.1 Å². The Bertz CT molecular complexity index is 1680. The van der Waals surface area contributed by atoms with Crippen molar-refractivity contribution in [1.82, 2.24) is 19.0 Å². The van der Waals surface area contributed by atoms with Gasteiger partial charge in [0.25, 0.3) is 0 Å². The van der Waals surface area contributed by atoms with Crippen LogP contribution in [0.25, 0.3) is 39.2 Å². The van der Waals surface area contributed by atoms with E-state index in [4.69, 9.17) is 22.3 Å². The van der Waals surface area contributed by atoms with E-state index < -0.39 is 0 Å². The second-order valence-corrected chi connectivity index (χ2v) is 11.2. The third kappa shape index (κ3) is 4.01. The second-order valence-electron chi connectivity index (χ2n) is 10.8. The number of halogens is 1. The number of aryl methyl sites for hydroxylation is 2. The molecule has 0 saturated carbocycles. The van der Waals surface area contributed by atoms with E-state index >= 15 is 0 Å². The molecule has 1 atom stereocenters. The van der Waals surface area contributed by atoms with Crippen molar-refractivity contribution in [2.45, 2.75) is 44.8 Å². The summed E-state index contributed by atoms with van der Waals surface area (Å²) < 4.78 is 4.83. The normalized spacial score (nSPS) is 17.4. The molecule has 6 heteroatoms. The van der Waals surface area contributed by atoms with Crippen molar-refractivity contribution in [3.05, 3.63) is 95.0 Å². The van der Waals surface area contributed by atoms with Crippen molar-refractivity contribution in [2.75, 3.05) is 13.1 Å². The number of nitrogens with zero attached hydrogens (tertiary/aromatic N) is 4. The Morgan fingerprint density at radius 3 is 2.71 bits per heavy atom. The first kappa shape index (κ1) is 23.6. The van der Waals surface area contributed by atoms with Crippen molar-refractivity contribution >= 4 is 39.2 Å². The van der Waals surface area contributed by atoms with Gasteiger partial charge in [-0.1, -0.05) is 48.5 Å². The molecule has 7 rings (SSSR count). The van der Waals surface area contributed by atoms with Gasteiger partial charge in [0, 0.05) is 53.8 Å². The van der Waals surface area contributed by atoms with Gasteiger partial charge in [-0.2, -0.15) is 0 Å². The van der Waals surface area contributed by atoms with Crippen LogP contribution in [0, 0.1) is 0 Å². The second kappa shape index (κ2) is 9.33. The summed E-state index contributed by atoms with van der Waals surface area (Å²) >= 11 is 6.18. The zero-order chi connectivity index (χ0) is 25.8. The van der Waals surface area contributed by atoms with Crippen molar-refractivity contribution < 1.29 is 0 Å². The van der Waals surface area contributed by atoms with Crippen molar-refractivity contribution in [2.24, 2.45) is 5.73 Å². The number of benzene rings is 3. The Morgan fingerprint density at radius 2 is 1.87 bits per heavy atom. The number of rotatable bonds is 5. The average molecular weight is 522 g/mol. The predicted molar refractivity (Wildman–Crippen MR) is 157 cm³/mol. The molecule has 38 heavy (non-hydrogen) atoms. The molecule has 192 valence electrons. The first-order valence-electron chi connectivity index (χ1n) is 13.6. The summed E-state index contributed by atoms with van der Waals surface area (Å²) in [6.45, 7) is 8.11. The van der Waals surface area contributed by atoms with Crippen molar-refractivity contribution in [1.29, 1.82) is 0 Å². The minimum Gasteiger partial charge on any atom is -0.370 e. The smallest absolute Gasteiger partial charge is 0.157 e. The highest BCUT2D eigenvalue weighted by Gasteiger charge is 2.25. The minimum absolute atomic E-state index is 0.218. The van der Waals surface area contributed by atoms with Crippen LogP contribution in [0.3, 0.4) is 0 Å². The maximum atomic E-state index is 6.29. The highest BCUT2D eigenvalue weighted by atomic mass is 35.5. The number of hydrogen-bond acceptors (Lipinski definition) is 3. The molecule has 2 aliphatic rings. The summed E-state index contributed by atoms with van der Waals surface area (Å²) in [6.07, 6.45) is 4.38. The van der Waals surface area contributed by atoms with Crippen LogP contribution in [0.15, 0.2) is 73.3 Å². The Hall–Kier alpha value is -3.54. The van der Waals surface area contributed by atoms with E-state index in [1.54, 1.807) is 0 Å². The van der Waals surface area contributed by atoms with Crippen molar-refractivity contribution in [3.8, 4) is 11.5 Å². The monoisotopic (exact) mass is 521 g/mol. The lowest BCUT2D eigenvalue weighted by atomic mass is 9.98. The van der Waals surface area contributed by atoms with E-state index in [9.17, 15) is 0 Å². The number of para-hydroxylation sites is 1. The fourth-order valence-electron chi connectivity index (χ4n) is 6.33. The van der Waals surface area contributed by atoms with Gasteiger partial charge in [0.15, 0.2) is 5.82 Å². The first-order valence-corrected chi connectivity index (χ1v) is 14.0. The van der Waals surface area contributed by atoms with E-state index in [1.807, 2.05) is 12.1 Å². The number of aromatic nitrogens is 3. The largest absolute Gasteiger partial charge is 0.370 e. The molecule has 0 radical (unpaired) electrons. The first-order chi connectivity index (χ1) is 18.5. The predicted octanol–water partition coefficient (Wildman–Crippen LogP) is 6.70. The number of nitrogens with two attached hydrogens (primary N) is 1. The van der Waals surface area contributed by atoms with E-state index in [2.05, 4.69) is 75.2 Å². The lowest BCUT2D eigenvalue weighted by Gasteiger charge is -2.34. The molecule has 0 bridgehead atoms. The van der Waals surface area contributed by atoms with Crippen LogP contribution < -0.4 is 5.73 Å². The summed E-state index contributed by atoms with van der Waals surface area (Å²) in [5.74, 6) is 1.04. The number of hydrogen-bond donors (Lipinski definition) is 1. The van der Waals surface area contributed by atoms with Gasteiger partial charge in [-0.15, -0.1) is 0 Å². The third-order valence-corrected chi connectivity index (χ3v) is 8.47. The van der Waals surface area contributed by atoms with Gasteiger partial charge in [0.05, 0.1) is 16.7 Å². The number of piperidine rings is 1. The molecule has 4 heterocycles. The van der Waals surface area contributed by atoms with E-state index in [-0.39, 0.29) is 6.04 Å². The average Bonchev–Trinajstić information content (AvgIpc) is 3.49. The molecule has 5 aromatic rings. The summed E-state index contributed by atoms with van der Waals surface area (Å²) in [5, 5.41) is 1.98. The fourth-order valence-corrected chi connectivity index (χ4v) is 6.46. The molecule has 0 spiro atoms. The Labute approximate surface area is 228 Å². The summed E-state index contributed by atoms with van der Waals surface area (Å²) in [7, 11) is 0. The van der Waals surface area contributed by atoms with Gasteiger partial charge in [-0.05, 0) is 78.8 Å². The molecule has 1 fully saturated rings.